The minimum absolute atomic E-state index is 0.113. The summed E-state index contributed by atoms with van der Waals surface area (Å²) in [6, 6.07) is -0.537. The smallest absolute Gasteiger partial charge is 0.246 e. The van der Waals surface area contributed by atoms with Crippen LogP contribution < -0.4 is 0 Å². The molecule has 0 saturated carbocycles. The first-order chi connectivity index (χ1) is 9.18. The molecule has 0 aromatic heterocycles. The van der Waals surface area contributed by atoms with Gasteiger partial charge in [0.1, 0.15) is 12.1 Å². The second kappa shape index (κ2) is 5.12. The van der Waals surface area contributed by atoms with Crippen molar-refractivity contribution in [2.75, 3.05) is 19.7 Å². The molecule has 2 amide bonds. The summed E-state index contributed by atoms with van der Waals surface area (Å²) in [5, 5.41) is 0. The Morgan fingerprint density at radius 3 is 2.74 bits per heavy atom. The molecule has 3 aliphatic rings. The maximum absolute atomic E-state index is 12.6. The Morgan fingerprint density at radius 1 is 1.16 bits per heavy atom. The lowest BCUT2D eigenvalue weighted by Crippen LogP contribution is -2.65. The number of amides is 2. The molecule has 3 heterocycles. The third-order valence-electron chi connectivity index (χ3n) is 4.60. The summed E-state index contributed by atoms with van der Waals surface area (Å²) < 4.78 is 5.60. The average Bonchev–Trinajstić information content (AvgIpc) is 2.94. The predicted molar refractivity (Wildman–Crippen MR) is 69.5 cm³/mol. The largest absolute Gasteiger partial charge is 0.376 e. The quantitative estimate of drug-likeness (QED) is 0.742. The van der Waals surface area contributed by atoms with Crippen LogP contribution in [0.2, 0.25) is 0 Å². The number of nitrogens with zero attached hydrogens (tertiary/aromatic N) is 2. The van der Waals surface area contributed by atoms with Gasteiger partial charge in [-0.3, -0.25) is 9.59 Å². The molecule has 0 radical (unpaired) electrons. The Labute approximate surface area is 113 Å². The number of fused-ring (bicyclic) bond motifs is 1. The molecule has 0 aromatic rings. The van der Waals surface area contributed by atoms with Gasteiger partial charge in [0.2, 0.25) is 11.8 Å². The molecule has 0 N–H and O–H groups in total. The number of carbonyl (C=O) groups excluding carboxylic acids is 2. The van der Waals surface area contributed by atoms with E-state index in [4.69, 9.17) is 4.74 Å². The van der Waals surface area contributed by atoms with Crippen molar-refractivity contribution in [2.45, 2.75) is 57.2 Å². The second-order valence-electron chi connectivity index (χ2n) is 5.84. The zero-order valence-electron chi connectivity index (χ0n) is 11.5. The van der Waals surface area contributed by atoms with Crippen LogP contribution >= 0.6 is 0 Å². The van der Waals surface area contributed by atoms with E-state index >= 15 is 0 Å². The van der Waals surface area contributed by atoms with Gasteiger partial charge in [-0.05, 0) is 39.0 Å². The highest BCUT2D eigenvalue weighted by Gasteiger charge is 2.45. The van der Waals surface area contributed by atoms with E-state index in [0.717, 1.165) is 45.3 Å². The minimum Gasteiger partial charge on any atom is -0.376 e. The fourth-order valence-corrected chi connectivity index (χ4v) is 3.46. The Bertz CT molecular complexity index is 379. The van der Waals surface area contributed by atoms with Gasteiger partial charge < -0.3 is 14.5 Å². The zero-order chi connectivity index (χ0) is 13.4. The molecule has 3 saturated heterocycles. The van der Waals surface area contributed by atoms with Crippen LogP contribution in [0.1, 0.15) is 39.0 Å². The molecule has 3 fully saturated rings. The number of carbonyl (C=O) groups is 2. The van der Waals surface area contributed by atoms with Crippen LogP contribution in [-0.2, 0) is 14.3 Å². The maximum Gasteiger partial charge on any atom is 0.246 e. The summed E-state index contributed by atoms with van der Waals surface area (Å²) in [6.45, 7) is 3.95. The summed E-state index contributed by atoms with van der Waals surface area (Å²) in [5.41, 5.74) is 0. The van der Waals surface area contributed by atoms with Gasteiger partial charge in [-0.15, -0.1) is 0 Å². The highest BCUT2D eigenvalue weighted by atomic mass is 16.5. The summed E-state index contributed by atoms with van der Waals surface area (Å²) in [4.78, 5) is 28.5. The molecule has 3 aliphatic heterocycles. The van der Waals surface area contributed by atoms with E-state index in [1.165, 1.54) is 0 Å². The van der Waals surface area contributed by atoms with Gasteiger partial charge in [0.15, 0.2) is 0 Å². The zero-order valence-corrected chi connectivity index (χ0v) is 11.5. The van der Waals surface area contributed by atoms with Gasteiger partial charge in [0, 0.05) is 19.7 Å². The maximum atomic E-state index is 12.6. The van der Waals surface area contributed by atoms with E-state index in [1.807, 2.05) is 6.92 Å². The molecule has 3 atom stereocenters. The van der Waals surface area contributed by atoms with Crippen LogP contribution in [0.25, 0.3) is 0 Å². The van der Waals surface area contributed by atoms with E-state index in [0.29, 0.717) is 6.54 Å². The molecular weight excluding hydrogens is 244 g/mol. The average molecular weight is 266 g/mol. The molecule has 3 rings (SSSR count). The monoisotopic (exact) mass is 266 g/mol. The third kappa shape index (κ3) is 2.24. The number of rotatable bonds is 2. The topological polar surface area (TPSA) is 49.9 Å². The Hall–Kier alpha value is -1.10. The van der Waals surface area contributed by atoms with Gasteiger partial charge in [-0.2, -0.15) is 0 Å². The van der Waals surface area contributed by atoms with Gasteiger partial charge in [-0.25, -0.2) is 0 Å². The number of piperazine rings is 1. The Morgan fingerprint density at radius 2 is 2.00 bits per heavy atom. The van der Waals surface area contributed by atoms with E-state index in [1.54, 1.807) is 9.80 Å². The lowest BCUT2D eigenvalue weighted by atomic mass is 9.95. The highest BCUT2D eigenvalue weighted by molar-refractivity contribution is 5.96. The molecule has 0 spiro atoms. The first-order valence-corrected chi connectivity index (χ1v) is 7.41. The van der Waals surface area contributed by atoms with Gasteiger partial charge in [0.25, 0.3) is 0 Å². The van der Waals surface area contributed by atoms with Crippen molar-refractivity contribution >= 4 is 11.8 Å². The van der Waals surface area contributed by atoms with Gasteiger partial charge in [0.05, 0.1) is 6.10 Å². The van der Waals surface area contributed by atoms with E-state index in [9.17, 15) is 9.59 Å². The molecular formula is C14H22N2O3. The summed E-state index contributed by atoms with van der Waals surface area (Å²) in [5.74, 6) is 0.240. The van der Waals surface area contributed by atoms with Crippen molar-refractivity contribution in [1.29, 1.82) is 0 Å². The van der Waals surface area contributed by atoms with Crippen LogP contribution in [0, 0.1) is 0 Å². The van der Waals surface area contributed by atoms with Crippen molar-refractivity contribution in [3.63, 3.8) is 0 Å². The molecule has 0 bridgehead atoms. The van der Waals surface area contributed by atoms with Crippen LogP contribution in [-0.4, -0.2) is 59.5 Å². The van der Waals surface area contributed by atoms with E-state index in [2.05, 4.69) is 0 Å². The summed E-state index contributed by atoms with van der Waals surface area (Å²) in [6.07, 6.45) is 5.06. The fraction of sp³-hybridized carbons (Fsp3) is 0.857. The van der Waals surface area contributed by atoms with Crippen molar-refractivity contribution < 1.29 is 14.3 Å². The minimum atomic E-state index is -0.328. The fourth-order valence-electron chi connectivity index (χ4n) is 3.46. The van der Waals surface area contributed by atoms with Crippen LogP contribution in [0.15, 0.2) is 0 Å². The number of hydrogen-bond donors (Lipinski definition) is 0. The Balaban J connectivity index is 1.75. The third-order valence-corrected chi connectivity index (χ3v) is 4.60. The van der Waals surface area contributed by atoms with E-state index < -0.39 is 0 Å². The van der Waals surface area contributed by atoms with Crippen molar-refractivity contribution in [1.82, 2.24) is 9.80 Å². The number of hydrogen-bond acceptors (Lipinski definition) is 3. The molecule has 19 heavy (non-hydrogen) atoms. The summed E-state index contributed by atoms with van der Waals surface area (Å²) in [7, 11) is 0. The highest BCUT2D eigenvalue weighted by Crippen LogP contribution is 2.27. The number of ether oxygens (including phenoxy) is 1. The SMILES string of the molecule is CC1C(=O)N2CCCCC2C(=O)N1CC1CCCO1. The van der Waals surface area contributed by atoms with Gasteiger partial charge in [-0.1, -0.05) is 0 Å². The molecule has 0 aromatic carbocycles. The lowest BCUT2D eigenvalue weighted by Gasteiger charge is -2.46. The van der Waals surface area contributed by atoms with Crippen LogP contribution in [0.5, 0.6) is 0 Å². The van der Waals surface area contributed by atoms with Crippen LogP contribution in [0.3, 0.4) is 0 Å². The second-order valence-corrected chi connectivity index (χ2v) is 5.84. The molecule has 0 aliphatic carbocycles. The van der Waals surface area contributed by atoms with Crippen LogP contribution in [0.4, 0.5) is 0 Å². The molecule has 106 valence electrons. The molecule has 5 heteroatoms. The van der Waals surface area contributed by atoms with E-state index in [-0.39, 0.29) is 30.0 Å². The normalized spacial score (nSPS) is 35.7. The Kier molecular flexibility index (Phi) is 3.48. The standard InChI is InChI=1S/C14H22N2O3/c1-10-13(17)15-7-3-2-6-12(15)14(18)16(10)9-11-5-4-8-19-11/h10-12H,2-9H2,1H3. The van der Waals surface area contributed by atoms with Gasteiger partial charge >= 0.3 is 0 Å². The summed E-state index contributed by atoms with van der Waals surface area (Å²) >= 11 is 0. The lowest BCUT2D eigenvalue weighted by molar-refractivity contribution is -0.164. The molecule has 5 nitrogen and oxygen atoms in total. The van der Waals surface area contributed by atoms with Crippen molar-refractivity contribution in [3.8, 4) is 0 Å². The first kappa shape index (κ1) is 12.9. The molecule has 3 unspecified atom stereocenters. The van der Waals surface area contributed by atoms with Crippen molar-refractivity contribution in [2.24, 2.45) is 0 Å². The van der Waals surface area contributed by atoms with Crippen molar-refractivity contribution in [3.05, 3.63) is 0 Å². The predicted octanol–water partition coefficient (Wildman–Crippen LogP) is 0.777. The first-order valence-electron chi connectivity index (χ1n) is 7.41. The number of piperidine rings is 1.